The van der Waals surface area contributed by atoms with Gasteiger partial charge in [-0.05, 0) is 42.5 Å². The highest BCUT2D eigenvalue weighted by Crippen LogP contribution is 2.31. The number of nitrogens with zero attached hydrogens (tertiary/aromatic N) is 1. The second-order valence-corrected chi connectivity index (χ2v) is 5.31. The lowest BCUT2D eigenvalue weighted by Crippen LogP contribution is -2.24. The third-order valence-corrected chi connectivity index (χ3v) is 3.94. The predicted molar refractivity (Wildman–Crippen MR) is 81.4 cm³/mol. The van der Waals surface area contributed by atoms with E-state index in [0.717, 1.165) is 18.8 Å². The molecule has 3 rings (SSSR count). The molecule has 0 atom stereocenters. The van der Waals surface area contributed by atoms with E-state index >= 15 is 0 Å². The summed E-state index contributed by atoms with van der Waals surface area (Å²) in [6.45, 7) is 4.18. The minimum absolute atomic E-state index is 0.888. The fraction of sp³-hybridized carbons (Fsp3) is 0.294. The summed E-state index contributed by atoms with van der Waals surface area (Å²) in [6.07, 6.45) is 2.35. The van der Waals surface area contributed by atoms with Gasteiger partial charge in [-0.15, -0.1) is 0 Å². The van der Waals surface area contributed by atoms with Crippen LogP contribution >= 0.6 is 0 Å². The summed E-state index contributed by atoms with van der Waals surface area (Å²) < 4.78 is 0. The van der Waals surface area contributed by atoms with E-state index in [1.807, 2.05) is 12.1 Å². The van der Waals surface area contributed by atoms with E-state index < -0.39 is 0 Å². The predicted octanol–water partition coefficient (Wildman–Crippen LogP) is 3.53. The van der Waals surface area contributed by atoms with Gasteiger partial charge in [-0.2, -0.15) is 0 Å². The van der Waals surface area contributed by atoms with Crippen LogP contribution in [-0.2, 0) is 13.0 Å². The number of rotatable bonds is 1. The number of benzene rings is 2. The van der Waals surface area contributed by atoms with Gasteiger partial charge in [0, 0.05) is 13.1 Å². The van der Waals surface area contributed by atoms with Gasteiger partial charge in [-0.3, -0.25) is 0 Å². The minimum atomic E-state index is 0.888. The van der Waals surface area contributed by atoms with E-state index in [1.54, 1.807) is 0 Å². The normalized spacial score (nSPS) is 14.9. The van der Waals surface area contributed by atoms with Gasteiger partial charge in [0.25, 0.3) is 0 Å². The minimum Gasteiger partial charge on any atom is -0.397 e. The van der Waals surface area contributed by atoms with Gasteiger partial charge >= 0.3 is 0 Å². The number of fused-ring (bicyclic) bond motifs is 1. The first-order chi connectivity index (χ1) is 9.25. The molecule has 2 N–H and O–H groups in total. The van der Waals surface area contributed by atoms with Crippen molar-refractivity contribution in [1.82, 2.24) is 0 Å². The maximum absolute atomic E-state index is 6.18. The Balaban J connectivity index is 1.99. The lowest BCUT2D eigenvalue weighted by molar-refractivity contribution is 0.764. The summed E-state index contributed by atoms with van der Waals surface area (Å²) in [7, 11) is 0. The van der Waals surface area contributed by atoms with Crippen LogP contribution in [0.2, 0.25) is 0 Å². The Labute approximate surface area is 114 Å². The van der Waals surface area contributed by atoms with E-state index in [4.69, 9.17) is 5.73 Å². The highest BCUT2D eigenvalue weighted by Gasteiger charge is 2.17. The highest BCUT2D eigenvalue weighted by molar-refractivity contribution is 5.71. The quantitative estimate of drug-likeness (QED) is 0.787. The number of para-hydroxylation sites is 1. The number of aryl methyl sites for hydroxylation is 2. The van der Waals surface area contributed by atoms with Crippen molar-refractivity contribution in [3.63, 3.8) is 0 Å². The zero-order valence-electron chi connectivity index (χ0n) is 11.4. The molecule has 0 saturated heterocycles. The molecule has 0 aliphatic carbocycles. The standard InChI is InChI=1S/C17H20N2/c1-13-6-4-10-16(18)17(13)19-11-5-9-14-7-2-3-8-15(14)12-19/h2-4,6-8,10H,5,9,11-12,18H2,1H3. The van der Waals surface area contributed by atoms with Crippen molar-refractivity contribution < 1.29 is 0 Å². The lowest BCUT2D eigenvalue weighted by Gasteiger charge is -2.26. The molecule has 98 valence electrons. The Morgan fingerprint density at radius 3 is 2.58 bits per heavy atom. The molecule has 1 aliphatic heterocycles. The van der Waals surface area contributed by atoms with Crippen molar-refractivity contribution in [2.75, 3.05) is 17.2 Å². The molecule has 2 heteroatoms. The SMILES string of the molecule is Cc1cccc(N)c1N1CCCc2ccccc2C1. The van der Waals surface area contributed by atoms with Crippen LogP contribution in [0.5, 0.6) is 0 Å². The van der Waals surface area contributed by atoms with Crippen molar-refractivity contribution >= 4 is 11.4 Å². The van der Waals surface area contributed by atoms with E-state index in [0.29, 0.717) is 0 Å². The highest BCUT2D eigenvalue weighted by atomic mass is 15.1. The molecule has 0 radical (unpaired) electrons. The van der Waals surface area contributed by atoms with E-state index in [2.05, 4.69) is 42.2 Å². The third kappa shape index (κ3) is 2.30. The number of hydrogen-bond acceptors (Lipinski definition) is 2. The molecular weight excluding hydrogens is 232 g/mol. The van der Waals surface area contributed by atoms with Gasteiger partial charge in [-0.25, -0.2) is 0 Å². The summed E-state index contributed by atoms with van der Waals surface area (Å²) in [5.41, 5.74) is 12.5. The Kier molecular flexibility index (Phi) is 3.16. The van der Waals surface area contributed by atoms with Crippen LogP contribution in [0.4, 0.5) is 11.4 Å². The molecule has 0 saturated carbocycles. The molecule has 19 heavy (non-hydrogen) atoms. The van der Waals surface area contributed by atoms with Crippen molar-refractivity contribution in [1.29, 1.82) is 0 Å². The molecule has 2 nitrogen and oxygen atoms in total. The molecule has 0 fully saturated rings. The number of nitrogen functional groups attached to an aromatic ring is 1. The summed E-state index contributed by atoms with van der Waals surface area (Å²) in [6, 6.07) is 14.9. The topological polar surface area (TPSA) is 29.3 Å². The summed E-state index contributed by atoms with van der Waals surface area (Å²) in [5, 5.41) is 0. The number of hydrogen-bond donors (Lipinski definition) is 1. The van der Waals surface area contributed by atoms with Crippen molar-refractivity contribution in [2.24, 2.45) is 0 Å². The monoisotopic (exact) mass is 252 g/mol. The maximum atomic E-state index is 6.18. The fourth-order valence-electron chi connectivity index (χ4n) is 3.01. The van der Waals surface area contributed by atoms with Crippen molar-refractivity contribution in [2.45, 2.75) is 26.3 Å². The summed E-state index contributed by atoms with van der Waals surface area (Å²) in [4.78, 5) is 2.43. The maximum Gasteiger partial charge on any atom is 0.0632 e. The fourth-order valence-corrected chi connectivity index (χ4v) is 3.01. The first-order valence-electron chi connectivity index (χ1n) is 6.92. The Morgan fingerprint density at radius 1 is 1.00 bits per heavy atom. The van der Waals surface area contributed by atoms with Crippen LogP contribution in [0.3, 0.4) is 0 Å². The first-order valence-corrected chi connectivity index (χ1v) is 6.92. The molecule has 1 heterocycles. The van der Waals surface area contributed by atoms with Gasteiger partial charge < -0.3 is 10.6 Å². The van der Waals surface area contributed by atoms with Gasteiger partial charge in [0.2, 0.25) is 0 Å². The molecule has 0 spiro atoms. The molecule has 0 unspecified atom stereocenters. The zero-order valence-corrected chi connectivity index (χ0v) is 11.4. The molecule has 0 aromatic heterocycles. The van der Waals surface area contributed by atoms with Crippen LogP contribution < -0.4 is 10.6 Å². The zero-order chi connectivity index (χ0) is 13.2. The van der Waals surface area contributed by atoms with Gasteiger partial charge in [0.1, 0.15) is 0 Å². The average Bonchev–Trinajstić information content (AvgIpc) is 2.60. The van der Waals surface area contributed by atoms with Crippen molar-refractivity contribution in [3.05, 3.63) is 59.2 Å². The first kappa shape index (κ1) is 12.1. The molecule has 1 aliphatic rings. The number of nitrogens with two attached hydrogens (primary N) is 1. The lowest BCUT2D eigenvalue weighted by atomic mass is 10.0. The second kappa shape index (κ2) is 4.96. The number of anilines is 2. The van der Waals surface area contributed by atoms with Crippen molar-refractivity contribution in [3.8, 4) is 0 Å². The smallest absolute Gasteiger partial charge is 0.0632 e. The summed E-state index contributed by atoms with van der Waals surface area (Å²) >= 11 is 0. The van der Waals surface area contributed by atoms with E-state index in [-0.39, 0.29) is 0 Å². The van der Waals surface area contributed by atoms with Crippen LogP contribution in [-0.4, -0.2) is 6.54 Å². The van der Waals surface area contributed by atoms with Gasteiger partial charge in [-0.1, -0.05) is 36.4 Å². The molecule has 0 bridgehead atoms. The molecule has 0 amide bonds. The van der Waals surface area contributed by atoms with E-state index in [1.165, 1.54) is 35.2 Å². The third-order valence-electron chi connectivity index (χ3n) is 3.94. The average molecular weight is 252 g/mol. The largest absolute Gasteiger partial charge is 0.397 e. The molecule has 2 aromatic carbocycles. The summed E-state index contributed by atoms with van der Waals surface area (Å²) in [5.74, 6) is 0. The van der Waals surface area contributed by atoms with Crippen LogP contribution in [0.25, 0.3) is 0 Å². The Bertz CT molecular complexity index is 569. The van der Waals surface area contributed by atoms with Gasteiger partial charge in [0.05, 0.1) is 11.4 Å². The van der Waals surface area contributed by atoms with Crippen LogP contribution in [0.1, 0.15) is 23.1 Å². The van der Waals surface area contributed by atoms with Crippen LogP contribution in [0, 0.1) is 6.92 Å². The molecular formula is C17H20N2. The second-order valence-electron chi connectivity index (χ2n) is 5.31. The molecule has 2 aromatic rings. The van der Waals surface area contributed by atoms with Gasteiger partial charge in [0.15, 0.2) is 0 Å². The Hall–Kier alpha value is -1.96. The van der Waals surface area contributed by atoms with E-state index in [9.17, 15) is 0 Å². The Morgan fingerprint density at radius 2 is 1.79 bits per heavy atom. The van der Waals surface area contributed by atoms with Crippen LogP contribution in [0.15, 0.2) is 42.5 Å².